The highest BCUT2D eigenvalue weighted by molar-refractivity contribution is 5.89. The molecule has 3 rings (SSSR count). The van der Waals surface area contributed by atoms with E-state index in [0.717, 1.165) is 24.2 Å². The van der Waals surface area contributed by atoms with E-state index in [2.05, 4.69) is 15.5 Å². The van der Waals surface area contributed by atoms with Gasteiger partial charge < -0.3 is 19.7 Å². The number of halogens is 1. The first-order valence-electron chi connectivity index (χ1n) is 9.51. The molecule has 0 atom stereocenters. The average molecular weight is 405 g/mol. The van der Waals surface area contributed by atoms with Gasteiger partial charge in [0, 0.05) is 39.3 Å². The van der Waals surface area contributed by atoms with Crippen LogP contribution in [0.3, 0.4) is 0 Å². The number of anilines is 1. The summed E-state index contributed by atoms with van der Waals surface area (Å²) in [6.07, 6.45) is 0.247. The number of aromatic nitrogens is 2. The Labute approximate surface area is 170 Å². The molecule has 0 bridgehead atoms. The van der Waals surface area contributed by atoms with Crippen molar-refractivity contribution < 1.29 is 18.7 Å². The highest BCUT2D eigenvalue weighted by Crippen LogP contribution is 2.29. The average Bonchev–Trinajstić information content (AvgIpc) is 3.04. The van der Waals surface area contributed by atoms with Crippen molar-refractivity contribution >= 4 is 11.8 Å². The number of fused-ring (bicyclic) bond motifs is 1. The lowest BCUT2D eigenvalue weighted by atomic mass is 10.1. The zero-order valence-electron chi connectivity index (χ0n) is 17.5. The molecule has 0 unspecified atom stereocenters. The van der Waals surface area contributed by atoms with Crippen molar-refractivity contribution in [3.05, 3.63) is 40.3 Å². The number of hydrogen-bond acceptors (Lipinski definition) is 5. The number of carbonyl (C=O) groups is 1. The van der Waals surface area contributed by atoms with Crippen molar-refractivity contribution in [3.8, 4) is 5.69 Å². The van der Waals surface area contributed by atoms with E-state index in [-0.39, 0.29) is 12.4 Å². The monoisotopic (exact) mass is 405 g/mol. The molecule has 158 valence electrons. The second-order valence-corrected chi connectivity index (χ2v) is 7.30. The van der Waals surface area contributed by atoms with E-state index < -0.39 is 12.3 Å². The number of urea groups is 1. The van der Waals surface area contributed by atoms with Gasteiger partial charge in [-0.2, -0.15) is 5.10 Å². The van der Waals surface area contributed by atoms with Gasteiger partial charge in [0.25, 0.3) is 0 Å². The minimum absolute atomic E-state index is 0.198. The predicted molar refractivity (Wildman–Crippen MR) is 108 cm³/mol. The second kappa shape index (κ2) is 8.89. The third kappa shape index (κ3) is 4.58. The van der Waals surface area contributed by atoms with E-state index in [4.69, 9.17) is 14.6 Å². The number of methoxy groups -OCH3 is 2. The number of rotatable bonds is 6. The van der Waals surface area contributed by atoms with Gasteiger partial charge in [0.2, 0.25) is 0 Å². The summed E-state index contributed by atoms with van der Waals surface area (Å²) in [5.74, 6) is 0.351. The molecular formula is C20H28FN5O3. The topological polar surface area (TPSA) is 80.7 Å². The van der Waals surface area contributed by atoms with Crippen LogP contribution in [0.2, 0.25) is 0 Å². The molecule has 8 nitrogen and oxygen atoms in total. The van der Waals surface area contributed by atoms with Gasteiger partial charge in [0.15, 0.2) is 6.29 Å². The number of nitrogens with one attached hydrogen (secondary N) is 2. The molecule has 2 amide bonds. The molecule has 0 spiro atoms. The number of amides is 2. The molecule has 0 saturated carbocycles. The predicted octanol–water partition coefficient (Wildman–Crippen LogP) is 2.36. The maximum Gasteiger partial charge on any atom is 0.320 e. The van der Waals surface area contributed by atoms with E-state index in [9.17, 15) is 9.18 Å². The van der Waals surface area contributed by atoms with E-state index in [1.54, 1.807) is 30.7 Å². The molecule has 9 heteroatoms. The summed E-state index contributed by atoms with van der Waals surface area (Å²) < 4.78 is 26.0. The quantitative estimate of drug-likeness (QED) is 0.721. The fraction of sp³-hybridized carbons (Fsp3) is 0.500. The molecule has 0 fully saturated rings. The molecule has 29 heavy (non-hydrogen) atoms. The van der Waals surface area contributed by atoms with E-state index in [1.807, 2.05) is 7.05 Å². The Balaban J connectivity index is 1.94. The van der Waals surface area contributed by atoms with Crippen LogP contribution in [0, 0.1) is 19.7 Å². The molecule has 1 aliphatic heterocycles. The molecule has 0 radical (unpaired) electrons. The second-order valence-electron chi connectivity index (χ2n) is 7.30. The lowest BCUT2D eigenvalue weighted by Gasteiger charge is -2.22. The highest BCUT2D eigenvalue weighted by atomic mass is 19.1. The Bertz CT molecular complexity index is 871. The molecule has 0 aliphatic carbocycles. The third-order valence-corrected chi connectivity index (χ3v) is 5.08. The van der Waals surface area contributed by atoms with Crippen LogP contribution in [0.4, 0.5) is 15.0 Å². The van der Waals surface area contributed by atoms with Gasteiger partial charge in [-0.25, -0.2) is 13.9 Å². The summed E-state index contributed by atoms with van der Waals surface area (Å²) in [6.45, 7) is 5.20. The molecule has 1 aliphatic rings. The minimum atomic E-state index is -0.534. The zero-order chi connectivity index (χ0) is 21.1. The van der Waals surface area contributed by atoms with Crippen molar-refractivity contribution in [2.24, 2.45) is 0 Å². The normalized spacial score (nSPS) is 14.2. The van der Waals surface area contributed by atoms with Gasteiger partial charge in [-0.3, -0.25) is 5.32 Å². The van der Waals surface area contributed by atoms with Crippen molar-refractivity contribution in [2.75, 3.05) is 39.7 Å². The van der Waals surface area contributed by atoms with Crippen molar-refractivity contribution in [1.29, 1.82) is 0 Å². The van der Waals surface area contributed by atoms with Crippen molar-refractivity contribution in [3.63, 3.8) is 0 Å². The van der Waals surface area contributed by atoms with E-state index in [0.29, 0.717) is 29.2 Å². The molecule has 2 aromatic rings. The first-order chi connectivity index (χ1) is 13.8. The first-order valence-corrected chi connectivity index (χ1v) is 9.51. The van der Waals surface area contributed by atoms with Crippen molar-refractivity contribution in [2.45, 2.75) is 33.1 Å². The number of nitrogens with zero attached hydrogens (tertiary/aromatic N) is 3. The van der Waals surface area contributed by atoms with Gasteiger partial charge in [-0.15, -0.1) is 0 Å². The maximum atomic E-state index is 14.1. The number of hydrogen-bond donors (Lipinski definition) is 2. The Morgan fingerprint density at radius 3 is 2.55 bits per heavy atom. The number of benzene rings is 1. The van der Waals surface area contributed by atoms with Gasteiger partial charge in [0.1, 0.15) is 11.6 Å². The zero-order valence-corrected chi connectivity index (χ0v) is 17.5. The van der Waals surface area contributed by atoms with Gasteiger partial charge in [0.05, 0.1) is 17.9 Å². The SMILES string of the molecule is COC(CNC(=O)Nc1c2c(nn1-c1cc(C)c(F)c(C)c1)CCN(C)C2)OC. The summed E-state index contributed by atoms with van der Waals surface area (Å²) in [4.78, 5) is 14.7. The van der Waals surface area contributed by atoms with Crippen LogP contribution in [-0.2, 0) is 22.4 Å². The van der Waals surface area contributed by atoms with Gasteiger partial charge >= 0.3 is 6.03 Å². The number of ether oxygens (including phenoxy) is 2. The Morgan fingerprint density at radius 2 is 1.93 bits per heavy atom. The fourth-order valence-corrected chi connectivity index (χ4v) is 3.46. The van der Waals surface area contributed by atoms with Crippen molar-refractivity contribution in [1.82, 2.24) is 20.0 Å². The molecule has 2 N–H and O–H groups in total. The Morgan fingerprint density at radius 1 is 1.28 bits per heavy atom. The number of carbonyl (C=O) groups excluding carboxylic acids is 1. The summed E-state index contributed by atoms with van der Waals surface area (Å²) in [5.41, 5.74) is 3.67. The van der Waals surface area contributed by atoms with E-state index in [1.165, 1.54) is 14.2 Å². The summed E-state index contributed by atoms with van der Waals surface area (Å²) in [5, 5.41) is 10.4. The van der Waals surface area contributed by atoms with E-state index >= 15 is 0 Å². The first kappa shape index (κ1) is 21.2. The third-order valence-electron chi connectivity index (χ3n) is 5.08. The molecular weight excluding hydrogens is 377 g/mol. The maximum absolute atomic E-state index is 14.1. The number of likely N-dealkylation sites (N-methyl/N-ethyl adjacent to an activating group) is 1. The Kier molecular flexibility index (Phi) is 6.51. The fourth-order valence-electron chi connectivity index (χ4n) is 3.46. The summed E-state index contributed by atoms with van der Waals surface area (Å²) >= 11 is 0. The lowest BCUT2D eigenvalue weighted by Crippen LogP contribution is -2.37. The van der Waals surface area contributed by atoms with Crippen LogP contribution in [-0.4, -0.2) is 61.4 Å². The molecule has 1 aromatic heterocycles. The summed E-state index contributed by atoms with van der Waals surface area (Å²) in [6, 6.07) is 3.08. The van der Waals surface area contributed by atoms with Crippen LogP contribution < -0.4 is 10.6 Å². The number of aryl methyl sites for hydroxylation is 2. The molecule has 1 aromatic carbocycles. The van der Waals surface area contributed by atoms with Crippen LogP contribution in [0.25, 0.3) is 5.69 Å². The lowest BCUT2D eigenvalue weighted by molar-refractivity contribution is -0.0970. The van der Waals surface area contributed by atoms with Crippen LogP contribution in [0.1, 0.15) is 22.4 Å². The smallest absolute Gasteiger partial charge is 0.320 e. The van der Waals surface area contributed by atoms with Gasteiger partial charge in [-0.05, 0) is 44.2 Å². The molecule has 0 saturated heterocycles. The molecule has 2 heterocycles. The minimum Gasteiger partial charge on any atom is -0.354 e. The van der Waals surface area contributed by atoms with Crippen LogP contribution in [0.5, 0.6) is 0 Å². The summed E-state index contributed by atoms with van der Waals surface area (Å²) in [7, 11) is 5.04. The highest BCUT2D eigenvalue weighted by Gasteiger charge is 2.25. The van der Waals surface area contributed by atoms with Gasteiger partial charge in [-0.1, -0.05) is 0 Å². The largest absolute Gasteiger partial charge is 0.354 e. The van der Waals surface area contributed by atoms with Crippen LogP contribution >= 0.6 is 0 Å². The van der Waals surface area contributed by atoms with Crippen LogP contribution in [0.15, 0.2) is 12.1 Å². The Hall–Kier alpha value is -2.49. The standard InChI is InChI=1S/C20H28FN5O3/c1-12-8-14(9-13(2)18(12)21)26-19(15-11-25(3)7-6-16(15)24-26)23-20(27)22-10-17(28-4)29-5/h8-9,17H,6-7,10-11H2,1-5H3,(H2,22,23,27).